The standard InChI is InChI=1S/C13H17N3O/c1-7-5-9(3)10(6-8(7)2)11-12(17)16-13(14-4)15-11/h5-6,11H,1-4H3,(H2,14,15,16,17). The van der Waals surface area contributed by atoms with Crippen LogP contribution < -0.4 is 10.6 Å². The van der Waals surface area contributed by atoms with Crippen LogP contribution in [0.4, 0.5) is 0 Å². The van der Waals surface area contributed by atoms with E-state index in [0.29, 0.717) is 5.96 Å². The Morgan fingerprint density at radius 3 is 2.35 bits per heavy atom. The van der Waals surface area contributed by atoms with E-state index < -0.39 is 0 Å². The van der Waals surface area contributed by atoms with Gasteiger partial charge in [0, 0.05) is 7.05 Å². The van der Waals surface area contributed by atoms with Gasteiger partial charge in [-0.25, -0.2) is 0 Å². The molecule has 17 heavy (non-hydrogen) atoms. The van der Waals surface area contributed by atoms with E-state index in [1.165, 1.54) is 11.1 Å². The Morgan fingerprint density at radius 1 is 1.12 bits per heavy atom. The molecule has 0 spiro atoms. The van der Waals surface area contributed by atoms with E-state index in [9.17, 15) is 4.79 Å². The Kier molecular flexibility index (Phi) is 2.88. The number of amides is 1. The van der Waals surface area contributed by atoms with Crippen molar-refractivity contribution in [2.75, 3.05) is 7.05 Å². The molecule has 0 aliphatic carbocycles. The van der Waals surface area contributed by atoms with Gasteiger partial charge < -0.3 is 5.32 Å². The van der Waals surface area contributed by atoms with Gasteiger partial charge in [-0.1, -0.05) is 12.1 Å². The zero-order chi connectivity index (χ0) is 12.6. The van der Waals surface area contributed by atoms with Crippen molar-refractivity contribution >= 4 is 11.9 Å². The number of hydrogen-bond donors (Lipinski definition) is 2. The normalized spacial score (nSPS) is 21.5. The average Bonchev–Trinajstić information content (AvgIpc) is 2.65. The Labute approximate surface area is 101 Å². The fourth-order valence-corrected chi connectivity index (χ4v) is 2.06. The topological polar surface area (TPSA) is 53.5 Å². The van der Waals surface area contributed by atoms with Crippen molar-refractivity contribution in [2.45, 2.75) is 26.8 Å². The molecule has 1 heterocycles. The number of benzene rings is 1. The highest BCUT2D eigenvalue weighted by atomic mass is 16.2. The Hall–Kier alpha value is -1.84. The van der Waals surface area contributed by atoms with Crippen LogP contribution in [0.25, 0.3) is 0 Å². The molecule has 1 amide bonds. The maximum absolute atomic E-state index is 11.8. The molecule has 1 aliphatic heterocycles. The second-order valence-electron chi connectivity index (χ2n) is 4.43. The minimum Gasteiger partial charge on any atom is -0.340 e. The third-order valence-corrected chi connectivity index (χ3v) is 3.20. The molecular formula is C13H17N3O. The van der Waals surface area contributed by atoms with E-state index in [1.54, 1.807) is 7.05 Å². The summed E-state index contributed by atoms with van der Waals surface area (Å²) in [6, 6.07) is 3.86. The SMILES string of the molecule is CN=C1NC(=O)C(c2cc(C)c(C)cc2C)N1. The van der Waals surface area contributed by atoms with Crippen LogP contribution in [0.3, 0.4) is 0 Å². The molecule has 1 aliphatic rings. The summed E-state index contributed by atoms with van der Waals surface area (Å²) < 4.78 is 0. The third kappa shape index (κ3) is 2.02. The lowest BCUT2D eigenvalue weighted by molar-refractivity contribution is -0.120. The first-order valence-corrected chi connectivity index (χ1v) is 5.65. The molecule has 0 saturated carbocycles. The fourth-order valence-electron chi connectivity index (χ4n) is 2.06. The number of guanidine groups is 1. The van der Waals surface area contributed by atoms with Crippen molar-refractivity contribution in [3.8, 4) is 0 Å². The second kappa shape index (κ2) is 4.20. The minimum atomic E-state index is -0.326. The predicted molar refractivity (Wildman–Crippen MR) is 68.0 cm³/mol. The molecule has 1 atom stereocenters. The Morgan fingerprint density at radius 2 is 1.76 bits per heavy atom. The highest BCUT2D eigenvalue weighted by molar-refractivity contribution is 6.06. The molecule has 1 fully saturated rings. The zero-order valence-corrected chi connectivity index (χ0v) is 10.6. The van der Waals surface area contributed by atoms with Gasteiger partial charge in [-0.05, 0) is 43.0 Å². The lowest BCUT2D eigenvalue weighted by Crippen LogP contribution is -2.24. The molecule has 4 nitrogen and oxygen atoms in total. The van der Waals surface area contributed by atoms with Gasteiger partial charge in [-0.15, -0.1) is 0 Å². The van der Waals surface area contributed by atoms with Gasteiger partial charge in [0.05, 0.1) is 0 Å². The summed E-state index contributed by atoms with van der Waals surface area (Å²) in [5, 5.41) is 5.80. The summed E-state index contributed by atoms with van der Waals surface area (Å²) >= 11 is 0. The van der Waals surface area contributed by atoms with Crippen molar-refractivity contribution in [3.63, 3.8) is 0 Å². The van der Waals surface area contributed by atoms with Gasteiger partial charge in [-0.3, -0.25) is 15.1 Å². The number of rotatable bonds is 1. The summed E-state index contributed by atoms with van der Waals surface area (Å²) in [5.74, 6) is 0.495. The maximum atomic E-state index is 11.8. The van der Waals surface area contributed by atoms with Crippen LogP contribution in [0.15, 0.2) is 17.1 Å². The number of carbonyl (C=O) groups is 1. The molecule has 0 radical (unpaired) electrons. The fraction of sp³-hybridized carbons (Fsp3) is 0.385. The molecule has 1 saturated heterocycles. The van der Waals surface area contributed by atoms with Crippen molar-refractivity contribution in [1.82, 2.24) is 10.6 Å². The second-order valence-corrected chi connectivity index (χ2v) is 4.43. The van der Waals surface area contributed by atoms with E-state index in [0.717, 1.165) is 11.1 Å². The Bertz CT molecular complexity index is 506. The summed E-state index contributed by atoms with van der Waals surface area (Å²) in [7, 11) is 1.65. The van der Waals surface area contributed by atoms with Crippen molar-refractivity contribution < 1.29 is 4.79 Å². The summed E-state index contributed by atoms with van der Waals surface area (Å²) in [6.07, 6.45) is 0. The lowest BCUT2D eigenvalue weighted by Gasteiger charge is -2.14. The number of aryl methyl sites for hydroxylation is 3. The number of aliphatic imine (C=N–C) groups is 1. The third-order valence-electron chi connectivity index (χ3n) is 3.20. The van der Waals surface area contributed by atoms with Gasteiger partial charge in [0.1, 0.15) is 6.04 Å². The smallest absolute Gasteiger partial charge is 0.253 e. The van der Waals surface area contributed by atoms with Crippen LogP contribution in [0, 0.1) is 20.8 Å². The van der Waals surface area contributed by atoms with Gasteiger partial charge in [0.2, 0.25) is 0 Å². The van der Waals surface area contributed by atoms with Gasteiger partial charge in [0.15, 0.2) is 5.96 Å². The number of nitrogens with one attached hydrogen (secondary N) is 2. The molecule has 4 heteroatoms. The van der Waals surface area contributed by atoms with Gasteiger partial charge in [-0.2, -0.15) is 0 Å². The first-order chi connectivity index (χ1) is 8.02. The zero-order valence-electron chi connectivity index (χ0n) is 10.6. The summed E-state index contributed by atoms with van der Waals surface area (Å²) in [5.41, 5.74) is 4.58. The van der Waals surface area contributed by atoms with Gasteiger partial charge >= 0.3 is 0 Å². The molecular weight excluding hydrogens is 214 g/mol. The highest BCUT2D eigenvalue weighted by Gasteiger charge is 2.30. The first kappa shape index (κ1) is 11.6. The van der Waals surface area contributed by atoms with Crippen LogP contribution in [0.5, 0.6) is 0 Å². The number of hydrogen-bond acceptors (Lipinski definition) is 2. The lowest BCUT2D eigenvalue weighted by atomic mass is 9.96. The molecule has 0 aromatic heterocycles. The van der Waals surface area contributed by atoms with E-state index >= 15 is 0 Å². The van der Waals surface area contributed by atoms with Crippen LogP contribution in [-0.4, -0.2) is 18.9 Å². The molecule has 90 valence electrons. The quantitative estimate of drug-likeness (QED) is 0.766. The van der Waals surface area contributed by atoms with Crippen LogP contribution in [-0.2, 0) is 4.79 Å². The molecule has 1 unspecified atom stereocenters. The van der Waals surface area contributed by atoms with Crippen LogP contribution in [0.1, 0.15) is 28.3 Å². The summed E-state index contributed by atoms with van der Waals surface area (Å²) in [6.45, 7) is 6.16. The highest BCUT2D eigenvalue weighted by Crippen LogP contribution is 2.23. The molecule has 2 N–H and O–H groups in total. The van der Waals surface area contributed by atoms with Crippen molar-refractivity contribution in [3.05, 3.63) is 34.4 Å². The van der Waals surface area contributed by atoms with E-state index in [1.807, 2.05) is 6.92 Å². The average molecular weight is 231 g/mol. The predicted octanol–water partition coefficient (Wildman–Crippen LogP) is 1.36. The molecule has 0 bridgehead atoms. The van der Waals surface area contributed by atoms with E-state index in [4.69, 9.17) is 0 Å². The monoisotopic (exact) mass is 231 g/mol. The Balaban J connectivity index is 2.41. The minimum absolute atomic E-state index is 0.0445. The molecule has 2 rings (SSSR count). The van der Waals surface area contributed by atoms with Crippen LogP contribution >= 0.6 is 0 Å². The maximum Gasteiger partial charge on any atom is 0.253 e. The number of carbonyl (C=O) groups excluding carboxylic acids is 1. The van der Waals surface area contributed by atoms with E-state index in [-0.39, 0.29) is 11.9 Å². The van der Waals surface area contributed by atoms with Crippen LogP contribution in [0.2, 0.25) is 0 Å². The van der Waals surface area contributed by atoms with Crippen molar-refractivity contribution in [1.29, 1.82) is 0 Å². The molecule has 1 aromatic carbocycles. The summed E-state index contributed by atoms with van der Waals surface area (Å²) in [4.78, 5) is 15.8. The van der Waals surface area contributed by atoms with Crippen molar-refractivity contribution in [2.24, 2.45) is 4.99 Å². The molecule has 1 aromatic rings. The first-order valence-electron chi connectivity index (χ1n) is 5.65. The van der Waals surface area contributed by atoms with Gasteiger partial charge in [0.25, 0.3) is 5.91 Å². The van der Waals surface area contributed by atoms with E-state index in [2.05, 4.69) is 41.6 Å². The largest absolute Gasteiger partial charge is 0.340 e. The number of nitrogens with zero attached hydrogens (tertiary/aromatic N) is 1.